The fourth-order valence-corrected chi connectivity index (χ4v) is 3.33. The maximum atomic E-state index is 13.1. The Morgan fingerprint density at radius 1 is 1.04 bits per heavy atom. The summed E-state index contributed by atoms with van der Waals surface area (Å²) < 4.78 is 14.7. The first kappa shape index (κ1) is 15.6. The van der Waals surface area contributed by atoms with E-state index < -0.39 is 0 Å². The lowest BCUT2D eigenvalue weighted by molar-refractivity contribution is 0.626. The maximum absolute atomic E-state index is 13.1. The van der Waals surface area contributed by atoms with Crippen molar-refractivity contribution in [2.75, 3.05) is 6.54 Å². The quantitative estimate of drug-likeness (QED) is 0.602. The average Bonchev–Trinajstić information content (AvgIpc) is 3.03. The van der Waals surface area contributed by atoms with E-state index in [2.05, 4.69) is 4.98 Å². The highest BCUT2D eigenvalue weighted by molar-refractivity contribution is 6.07. The van der Waals surface area contributed by atoms with Crippen LogP contribution in [0.5, 0.6) is 0 Å². The van der Waals surface area contributed by atoms with Crippen molar-refractivity contribution in [3.63, 3.8) is 0 Å². The third kappa shape index (κ3) is 2.72. The number of nitrogens with zero attached hydrogens (tertiary/aromatic N) is 1. The number of fused-ring (bicyclic) bond motifs is 3. The van der Waals surface area contributed by atoms with Crippen molar-refractivity contribution in [2.24, 2.45) is 5.73 Å². The molecule has 4 aromatic rings. The number of aromatic amines is 1. The predicted octanol–water partition coefficient (Wildman–Crippen LogP) is 3.17. The normalized spacial score (nSPS) is 11.4. The Morgan fingerprint density at radius 3 is 2.60 bits per heavy atom. The van der Waals surface area contributed by atoms with Gasteiger partial charge in [0.15, 0.2) is 0 Å². The number of hydrogen-bond donors (Lipinski definition) is 2. The van der Waals surface area contributed by atoms with Crippen molar-refractivity contribution in [2.45, 2.75) is 13.0 Å². The summed E-state index contributed by atoms with van der Waals surface area (Å²) in [5.74, 6) is -0.281. The monoisotopic (exact) mass is 335 g/mol. The molecule has 0 spiro atoms. The van der Waals surface area contributed by atoms with Crippen molar-refractivity contribution in [3.05, 3.63) is 82.2 Å². The van der Waals surface area contributed by atoms with Gasteiger partial charge in [-0.05, 0) is 59.8 Å². The van der Waals surface area contributed by atoms with E-state index in [9.17, 15) is 9.18 Å². The number of halogens is 1. The zero-order chi connectivity index (χ0) is 17.4. The Bertz CT molecular complexity index is 1110. The van der Waals surface area contributed by atoms with Crippen LogP contribution in [-0.4, -0.2) is 16.1 Å². The molecule has 0 aliphatic rings. The number of aromatic nitrogens is 2. The molecule has 126 valence electrons. The van der Waals surface area contributed by atoms with Crippen LogP contribution in [-0.2, 0) is 13.0 Å². The SMILES string of the molecule is NCCc1c[nH]c2ccc3c(=O)n(Cc4ccc(F)cc4)ccc3c12. The van der Waals surface area contributed by atoms with E-state index in [4.69, 9.17) is 5.73 Å². The lowest BCUT2D eigenvalue weighted by Crippen LogP contribution is -2.20. The van der Waals surface area contributed by atoms with Crippen molar-refractivity contribution in [1.29, 1.82) is 0 Å². The van der Waals surface area contributed by atoms with Crippen LogP contribution in [0, 0.1) is 5.82 Å². The van der Waals surface area contributed by atoms with Crippen molar-refractivity contribution in [1.82, 2.24) is 9.55 Å². The van der Waals surface area contributed by atoms with E-state index in [1.807, 2.05) is 24.4 Å². The summed E-state index contributed by atoms with van der Waals surface area (Å²) in [5.41, 5.74) is 8.66. The van der Waals surface area contributed by atoms with Crippen molar-refractivity contribution in [3.8, 4) is 0 Å². The second-order valence-electron chi connectivity index (χ2n) is 6.18. The van der Waals surface area contributed by atoms with Gasteiger partial charge in [0, 0.05) is 28.7 Å². The van der Waals surface area contributed by atoms with Crippen LogP contribution < -0.4 is 11.3 Å². The average molecular weight is 335 g/mol. The largest absolute Gasteiger partial charge is 0.361 e. The van der Waals surface area contributed by atoms with E-state index in [1.165, 1.54) is 12.1 Å². The molecule has 0 bridgehead atoms. The third-order valence-electron chi connectivity index (χ3n) is 4.56. The molecule has 2 aromatic carbocycles. The highest BCUT2D eigenvalue weighted by Gasteiger charge is 2.11. The molecular weight excluding hydrogens is 317 g/mol. The molecule has 0 aliphatic heterocycles. The minimum atomic E-state index is -0.281. The molecule has 0 radical (unpaired) electrons. The molecule has 0 aliphatic carbocycles. The van der Waals surface area contributed by atoms with Gasteiger partial charge in [0.25, 0.3) is 5.56 Å². The van der Waals surface area contributed by atoms with Crippen LogP contribution in [0.1, 0.15) is 11.1 Å². The zero-order valence-electron chi connectivity index (χ0n) is 13.6. The van der Waals surface area contributed by atoms with E-state index >= 15 is 0 Å². The Balaban J connectivity index is 1.85. The number of H-pyrrole nitrogens is 1. The fourth-order valence-electron chi connectivity index (χ4n) is 3.33. The summed E-state index contributed by atoms with van der Waals surface area (Å²) in [6.45, 7) is 0.973. The Hall–Kier alpha value is -2.92. The Morgan fingerprint density at radius 2 is 1.84 bits per heavy atom. The summed E-state index contributed by atoms with van der Waals surface area (Å²) in [6, 6.07) is 12.0. The molecule has 0 fully saturated rings. The van der Waals surface area contributed by atoms with Crippen LogP contribution in [0.4, 0.5) is 4.39 Å². The molecule has 2 aromatic heterocycles. The van der Waals surface area contributed by atoms with Crippen LogP contribution in [0.15, 0.2) is 59.7 Å². The van der Waals surface area contributed by atoms with Crippen molar-refractivity contribution >= 4 is 21.7 Å². The first-order valence-corrected chi connectivity index (χ1v) is 8.24. The minimum absolute atomic E-state index is 0.0522. The molecule has 4 nitrogen and oxygen atoms in total. The van der Waals surface area contributed by atoms with Gasteiger partial charge < -0.3 is 15.3 Å². The summed E-state index contributed by atoms with van der Waals surface area (Å²) >= 11 is 0. The molecule has 0 unspecified atom stereocenters. The van der Waals surface area contributed by atoms with Gasteiger partial charge in [0.05, 0.1) is 6.54 Å². The summed E-state index contributed by atoms with van der Waals surface area (Å²) in [5, 5.41) is 2.67. The number of benzene rings is 2. The molecule has 0 saturated heterocycles. The molecule has 0 atom stereocenters. The van der Waals surface area contributed by atoms with Gasteiger partial charge in [0.2, 0.25) is 0 Å². The molecule has 3 N–H and O–H groups in total. The molecule has 4 rings (SSSR count). The van der Waals surface area contributed by atoms with Gasteiger partial charge in [-0.1, -0.05) is 12.1 Å². The molecule has 2 heterocycles. The number of nitrogens with one attached hydrogen (secondary N) is 1. The third-order valence-corrected chi connectivity index (χ3v) is 4.56. The first-order valence-electron chi connectivity index (χ1n) is 8.24. The summed E-state index contributed by atoms with van der Waals surface area (Å²) in [7, 11) is 0. The highest BCUT2D eigenvalue weighted by Crippen LogP contribution is 2.26. The van der Waals surface area contributed by atoms with Crippen LogP contribution >= 0.6 is 0 Å². The van der Waals surface area contributed by atoms with E-state index in [0.29, 0.717) is 18.5 Å². The van der Waals surface area contributed by atoms with Gasteiger partial charge in [-0.25, -0.2) is 4.39 Å². The molecular formula is C20H18FN3O. The van der Waals surface area contributed by atoms with Crippen molar-refractivity contribution < 1.29 is 4.39 Å². The smallest absolute Gasteiger partial charge is 0.258 e. The second kappa shape index (κ2) is 6.18. The van der Waals surface area contributed by atoms with E-state index in [0.717, 1.165) is 33.8 Å². The number of rotatable bonds is 4. The van der Waals surface area contributed by atoms with E-state index in [1.54, 1.807) is 22.9 Å². The minimum Gasteiger partial charge on any atom is -0.361 e. The van der Waals surface area contributed by atoms with Crippen LogP contribution in [0.25, 0.3) is 21.7 Å². The summed E-state index contributed by atoms with van der Waals surface area (Å²) in [6.07, 6.45) is 4.52. The number of hydrogen-bond acceptors (Lipinski definition) is 2. The highest BCUT2D eigenvalue weighted by atomic mass is 19.1. The topological polar surface area (TPSA) is 63.8 Å². The van der Waals surface area contributed by atoms with Gasteiger partial charge in [-0.3, -0.25) is 4.79 Å². The molecule has 0 saturated carbocycles. The lowest BCUT2D eigenvalue weighted by atomic mass is 10.0. The lowest BCUT2D eigenvalue weighted by Gasteiger charge is -2.09. The second-order valence-corrected chi connectivity index (χ2v) is 6.18. The predicted molar refractivity (Wildman–Crippen MR) is 98.3 cm³/mol. The first-order chi connectivity index (χ1) is 12.2. The number of pyridine rings is 1. The van der Waals surface area contributed by atoms with Crippen LogP contribution in [0.3, 0.4) is 0 Å². The van der Waals surface area contributed by atoms with E-state index in [-0.39, 0.29) is 11.4 Å². The fraction of sp³-hybridized carbons (Fsp3) is 0.150. The van der Waals surface area contributed by atoms with Gasteiger partial charge >= 0.3 is 0 Å². The molecule has 5 heteroatoms. The Kier molecular flexibility index (Phi) is 3.86. The number of nitrogens with two attached hydrogens (primary N) is 1. The standard InChI is InChI=1S/C20H18FN3O/c21-15-3-1-13(2-4-15)12-24-10-8-16-17(20(24)25)5-6-18-19(16)14(7-9-22)11-23-18/h1-6,8,10-11,23H,7,9,12,22H2. The van der Waals surface area contributed by atoms with Crippen LogP contribution in [0.2, 0.25) is 0 Å². The maximum Gasteiger partial charge on any atom is 0.258 e. The summed E-state index contributed by atoms with van der Waals surface area (Å²) in [4.78, 5) is 16.1. The van der Waals surface area contributed by atoms with Gasteiger partial charge in [-0.2, -0.15) is 0 Å². The van der Waals surface area contributed by atoms with Gasteiger partial charge in [-0.15, -0.1) is 0 Å². The zero-order valence-corrected chi connectivity index (χ0v) is 13.6. The van der Waals surface area contributed by atoms with Gasteiger partial charge in [0.1, 0.15) is 5.82 Å². The Labute approximate surface area is 143 Å². The molecule has 25 heavy (non-hydrogen) atoms. The molecule has 0 amide bonds.